The monoisotopic (exact) mass is 370 g/mol. The maximum absolute atomic E-state index is 12.4. The lowest BCUT2D eigenvalue weighted by molar-refractivity contribution is 0.101. The number of hydrogen-bond acceptors (Lipinski definition) is 7. The van der Waals surface area contributed by atoms with Crippen LogP contribution in [-0.2, 0) is 4.74 Å². The Morgan fingerprint density at radius 2 is 2.08 bits per heavy atom. The van der Waals surface area contributed by atoms with Crippen molar-refractivity contribution in [2.75, 3.05) is 36.5 Å². The predicted molar refractivity (Wildman–Crippen MR) is 99.1 cm³/mol. The normalized spacial score (nSPS) is 17.6. The molecule has 3 heterocycles. The van der Waals surface area contributed by atoms with Crippen molar-refractivity contribution in [3.05, 3.63) is 35.7 Å². The van der Waals surface area contributed by atoms with Gasteiger partial charge in [0, 0.05) is 30.8 Å². The highest BCUT2D eigenvalue weighted by Gasteiger charge is 2.29. The van der Waals surface area contributed by atoms with Crippen LogP contribution in [0.15, 0.2) is 28.8 Å². The third-order valence-electron chi connectivity index (χ3n) is 4.66. The summed E-state index contributed by atoms with van der Waals surface area (Å²) in [5, 5.41) is 7.78. The smallest absolute Gasteiger partial charge is 0.277 e. The zero-order valence-corrected chi connectivity index (χ0v) is 14.9. The number of thiazole rings is 1. The molecule has 0 spiro atoms. The fraction of sp³-hybridized carbons (Fsp3) is 0.389. The predicted octanol–water partition coefficient (Wildman–Crippen LogP) is 3.25. The van der Waals surface area contributed by atoms with E-state index in [-0.39, 0.29) is 5.91 Å². The summed E-state index contributed by atoms with van der Waals surface area (Å²) >= 11 is 1.63. The van der Waals surface area contributed by atoms with Gasteiger partial charge in [-0.15, -0.1) is 0 Å². The van der Waals surface area contributed by atoms with Crippen LogP contribution in [0, 0.1) is 0 Å². The Balaban J connectivity index is 1.34. The van der Waals surface area contributed by atoms with Crippen LogP contribution in [0.5, 0.6) is 0 Å². The van der Waals surface area contributed by atoms with Gasteiger partial charge in [0.1, 0.15) is 5.76 Å². The molecule has 1 amide bonds. The van der Waals surface area contributed by atoms with Gasteiger partial charge in [0.05, 0.1) is 23.4 Å². The van der Waals surface area contributed by atoms with Gasteiger partial charge in [-0.05, 0) is 31.0 Å². The Hall–Kier alpha value is -2.45. The van der Waals surface area contributed by atoms with Crippen molar-refractivity contribution >= 4 is 38.3 Å². The number of ether oxygens (including phenoxy) is 1. The Morgan fingerprint density at radius 1 is 1.23 bits per heavy atom. The minimum Gasteiger partial charge on any atom is -0.378 e. The van der Waals surface area contributed by atoms with Crippen LogP contribution in [0.4, 0.5) is 10.8 Å². The molecule has 7 nitrogen and oxygen atoms in total. The quantitative estimate of drug-likeness (QED) is 0.759. The van der Waals surface area contributed by atoms with E-state index < -0.39 is 0 Å². The number of carbonyl (C=O) groups excluding carboxylic acids is 1. The molecule has 26 heavy (non-hydrogen) atoms. The summed E-state index contributed by atoms with van der Waals surface area (Å²) in [4.78, 5) is 19.3. The lowest BCUT2D eigenvalue weighted by atomic mass is 10.2. The molecular formula is C18H18N4O3S. The molecule has 5 rings (SSSR count). The SMILES string of the molecule is O=C(Nc1ccc2nc(N3CCOCC3)sc2c1)c1cc(C2CC2)on1. The molecule has 1 aliphatic heterocycles. The van der Waals surface area contributed by atoms with Crippen LogP contribution in [-0.4, -0.2) is 42.4 Å². The van der Waals surface area contributed by atoms with Crippen LogP contribution in [0.25, 0.3) is 10.2 Å². The fourth-order valence-electron chi connectivity index (χ4n) is 3.03. The number of rotatable bonds is 4. The summed E-state index contributed by atoms with van der Waals surface area (Å²) in [7, 11) is 0. The first-order valence-electron chi connectivity index (χ1n) is 8.77. The third-order valence-corrected chi connectivity index (χ3v) is 5.74. The summed E-state index contributed by atoms with van der Waals surface area (Å²) in [6, 6.07) is 7.50. The van der Waals surface area contributed by atoms with E-state index in [0.717, 1.165) is 65.9 Å². The molecule has 2 aliphatic rings. The number of amides is 1. The van der Waals surface area contributed by atoms with E-state index in [9.17, 15) is 4.79 Å². The topological polar surface area (TPSA) is 80.5 Å². The van der Waals surface area contributed by atoms with Gasteiger partial charge in [0.2, 0.25) is 0 Å². The number of aromatic nitrogens is 2. The van der Waals surface area contributed by atoms with Gasteiger partial charge in [-0.1, -0.05) is 16.5 Å². The zero-order chi connectivity index (χ0) is 17.5. The van der Waals surface area contributed by atoms with Crippen LogP contribution in [0.1, 0.15) is 35.0 Å². The molecule has 1 aromatic carbocycles. The number of carbonyl (C=O) groups is 1. The highest BCUT2D eigenvalue weighted by Crippen LogP contribution is 2.40. The van der Waals surface area contributed by atoms with Gasteiger partial charge in [0.15, 0.2) is 10.8 Å². The second-order valence-electron chi connectivity index (χ2n) is 6.62. The van der Waals surface area contributed by atoms with E-state index in [2.05, 4.69) is 15.4 Å². The molecule has 1 saturated carbocycles. The average Bonchev–Trinajstić information content (AvgIpc) is 3.24. The van der Waals surface area contributed by atoms with E-state index in [0.29, 0.717) is 11.6 Å². The number of benzene rings is 1. The van der Waals surface area contributed by atoms with Crippen LogP contribution < -0.4 is 10.2 Å². The Labute approximate surface area is 153 Å². The van der Waals surface area contributed by atoms with Gasteiger partial charge in [-0.3, -0.25) is 4.79 Å². The van der Waals surface area contributed by atoms with Gasteiger partial charge in [-0.25, -0.2) is 4.98 Å². The highest BCUT2D eigenvalue weighted by molar-refractivity contribution is 7.22. The first-order chi connectivity index (χ1) is 12.8. The molecule has 1 aliphatic carbocycles. The third kappa shape index (κ3) is 3.06. The Morgan fingerprint density at radius 3 is 2.88 bits per heavy atom. The van der Waals surface area contributed by atoms with Gasteiger partial charge < -0.3 is 19.5 Å². The van der Waals surface area contributed by atoms with Crippen molar-refractivity contribution in [3.8, 4) is 0 Å². The van der Waals surface area contributed by atoms with Crippen LogP contribution in [0.2, 0.25) is 0 Å². The number of morpholine rings is 1. The van der Waals surface area contributed by atoms with E-state index in [1.807, 2.05) is 18.2 Å². The lowest BCUT2D eigenvalue weighted by Gasteiger charge is -2.25. The van der Waals surface area contributed by atoms with E-state index >= 15 is 0 Å². The summed E-state index contributed by atoms with van der Waals surface area (Å²) in [5.74, 6) is 0.998. The molecule has 0 radical (unpaired) electrons. The van der Waals surface area contributed by atoms with Crippen molar-refractivity contribution in [3.63, 3.8) is 0 Å². The van der Waals surface area contributed by atoms with Crippen molar-refractivity contribution in [1.29, 1.82) is 0 Å². The maximum Gasteiger partial charge on any atom is 0.277 e. The molecule has 1 saturated heterocycles. The number of nitrogens with one attached hydrogen (secondary N) is 1. The van der Waals surface area contributed by atoms with Gasteiger partial charge in [-0.2, -0.15) is 0 Å². The molecule has 2 aromatic heterocycles. The zero-order valence-electron chi connectivity index (χ0n) is 14.1. The largest absolute Gasteiger partial charge is 0.378 e. The Bertz CT molecular complexity index is 956. The first kappa shape index (κ1) is 15.8. The molecule has 134 valence electrons. The number of hydrogen-bond donors (Lipinski definition) is 1. The minimum atomic E-state index is -0.252. The molecule has 2 fully saturated rings. The summed E-state index contributed by atoms with van der Waals surface area (Å²) < 4.78 is 11.7. The number of anilines is 2. The van der Waals surface area contributed by atoms with Crippen LogP contribution >= 0.6 is 11.3 Å². The molecular weight excluding hydrogens is 352 g/mol. The Kier molecular flexibility index (Phi) is 3.86. The lowest BCUT2D eigenvalue weighted by Crippen LogP contribution is -2.36. The van der Waals surface area contributed by atoms with Gasteiger partial charge >= 0.3 is 0 Å². The second kappa shape index (κ2) is 6.37. The molecule has 3 aromatic rings. The maximum atomic E-state index is 12.4. The first-order valence-corrected chi connectivity index (χ1v) is 9.59. The summed E-state index contributed by atoms with van der Waals surface area (Å²) in [6.45, 7) is 3.19. The standard InChI is InChI=1S/C18H18N4O3S/c23-17(14-10-15(25-21-14)11-1-2-11)19-12-3-4-13-16(9-12)26-18(20-13)22-5-7-24-8-6-22/h3-4,9-11H,1-2,5-8H2,(H,19,23). The molecule has 0 unspecified atom stereocenters. The molecule has 1 N–H and O–H groups in total. The molecule has 0 bridgehead atoms. The van der Waals surface area contributed by atoms with Crippen molar-refractivity contribution in [2.45, 2.75) is 18.8 Å². The van der Waals surface area contributed by atoms with E-state index in [1.165, 1.54) is 0 Å². The average molecular weight is 370 g/mol. The van der Waals surface area contributed by atoms with Crippen molar-refractivity contribution in [1.82, 2.24) is 10.1 Å². The summed E-state index contributed by atoms with van der Waals surface area (Å²) in [5.41, 5.74) is 1.99. The minimum absolute atomic E-state index is 0.252. The fourth-order valence-corrected chi connectivity index (χ4v) is 4.09. The molecule has 8 heteroatoms. The van der Waals surface area contributed by atoms with Crippen molar-refractivity contribution < 1.29 is 14.1 Å². The van der Waals surface area contributed by atoms with Gasteiger partial charge in [0.25, 0.3) is 5.91 Å². The number of nitrogens with zero attached hydrogens (tertiary/aromatic N) is 3. The summed E-state index contributed by atoms with van der Waals surface area (Å²) in [6.07, 6.45) is 2.23. The van der Waals surface area contributed by atoms with Crippen LogP contribution in [0.3, 0.4) is 0 Å². The number of fused-ring (bicyclic) bond motifs is 1. The second-order valence-corrected chi connectivity index (χ2v) is 7.63. The molecule has 0 atom stereocenters. The van der Waals surface area contributed by atoms with Crippen molar-refractivity contribution in [2.24, 2.45) is 0 Å². The van der Waals surface area contributed by atoms with E-state index in [1.54, 1.807) is 17.4 Å². The highest BCUT2D eigenvalue weighted by atomic mass is 32.1. The van der Waals surface area contributed by atoms with E-state index in [4.69, 9.17) is 14.2 Å².